The van der Waals surface area contributed by atoms with Crippen LogP contribution in [0.1, 0.15) is 25.5 Å². The van der Waals surface area contributed by atoms with Crippen LogP contribution in [-0.4, -0.2) is 36.5 Å². The third-order valence-corrected chi connectivity index (χ3v) is 4.11. The molecular weight excluding hydrogens is 238 g/mol. The van der Waals surface area contributed by atoms with E-state index < -0.39 is 0 Å². The summed E-state index contributed by atoms with van der Waals surface area (Å²) in [6.07, 6.45) is 3.19. The molecule has 0 radical (unpaired) electrons. The lowest BCUT2D eigenvalue weighted by Gasteiger charge is -2.33. The zero-order valence-electron chi connectivity index (χ0n) is 11.6. The van der Waals surface area contributed by atoms with Gasteiger partial charge in [0.1, 0.15) is 0 Å². The first kappa shape index (κ1) is 12.5. The number of ether oxygens (including phenoxy) is 1. The van der Waals surface area contributed by atoms with Gasteiger partial charge in [0.2, 0.25) is 0 Å². The molecule has 1 aromatic carbocycles. The maximum atomic E-state index is 5.44. The molecule has 4 heteroatoms. The van der Waals surface area contributed by atoms with Gasteiger partial charge in [-0.2, -0.15) is 5.10 Å². The highest BCUT2D eigenvalue weighted by molar-refractivity contribution is 5.85. The van der Waals surface area contributed by atoms with Gasteiger partial charge in [-0.25, -0.2) is 0 Å². The van der Waals surface area contributed by atoms with Crippen LogP contribution in [0.5, 0.6) is 0 Å². The van der Waals surface area contributed by atoms with E-state index in [1.165, 1.54) is 11.1 Å². The van der Waals surface area contributed by atoms with Gasteiger partial charge in [-0.05, 0) is 37.5 Å². The number of hydrogen-bond acceptors (Lipinski definition) is 3. The van der Waals surface area contributed by atoms with E-state index in [4.69, 9.17) is 4.74 Å². The minimum atomic E-state index is 0.586. The van der Waals surface area contributed by atoms with Crippen molar-refractivity contribution < 1.29 is 4.74 Å². The molecule has 0 aliphatic carbocycles. The minimum absolute atomic E-state index is 0.586. The number of aromatic nitrogens is 2. The topological polar surface area (TPSA) is 41.2 Å². The van der Waals surface area contributed by atoms with E-state index in [1.54, 1.807) is 0 Å². The minimum Gasteiger partial charge on any atom is -0.381 e. The Kier molecular flexibility index (Phi) is 3.42. The van der Waals surface area contributed by atoms with Gasteiger partial charge in [0, 0.05) is 37.4 Å². The fraction of sp³-hybridized carbons (Fsp3) is 0.533. The van der Waals surface area contributed by atoms with Crippen molar-refractivity contribution in [3.05, 3.63) is 23.9 Å². The standard InChI is InChI=1S/C15H21N3O/c1-3-14-13-10-12(4-5-15(13)17-16-14)18(2)11-6-8-19-9-7-11/h4-5,10-11H,3,6-9H2,1-2H3,(H,16,17). The van der Waals surface area contributed by atoms with Crippen LogP contribution in [0.3, 0.4) is 0 Å². The summed E-state index contributed by atoms with van der Waals surface area (Å²) < 4.78 is 5.44. The zero-order chi connectivity index (χ0) is 13.2. The van der Waals surface area contributed by atoms with Crippen LogP contribution in [0.25, 0.3) is 10.9 Å². The van der Waals surface area contributed by atoms with E-state index in [1.807, 2.05) is 0 Å². The summed E-state index contributed by atoms with van der Waals surface area (Å²) in [7, 11) is 2.18. The van der Waals surface area contributed by atoms with Gasteiger partial charge < -0.3 is 9.64 Å². The highest BCUT2D eigenvalue weighted by Gasteiger charge is 2.19. The van der Waals surface area contributed by atoms with Crippen molar-refractivity contribution >= 4 is 16.6 Å². The predicted molar refractivity (Wildman–Crippen MR) is 77.7 cm³/mol. The number of anilines is 1. The maximum Gasteiger partial charge on any atom is 0.0698 e. The van der Waals surface area contributed by atoms with Crippen LogP contribution in [0.15, 0.2) is 18.2 Å². The Morgan fingerprint density at radius 2 is 2.16 bits per heavy atom. The smallest absolute Gasteiger partial charge is 0.0698 e. The van der Waals surface area contributed by atoms with Crippen LogP contribution >= 0.6 is 0 Å². The molecular formula is C15H21N3O. The highest BCUT2D eigenvalue weighted by atomic mass is 16.5. The third kappa shape index (κ3) is 2.32. The SMILES string of the molecule is CCc1n[nH]c2ccc(N(C)C3CCOCC3)cc12. The van der Waals surface area contributed by atoms with Crippen LogP contribution in [0.2, 0.25) is 0 Å². The molecule has 0 atom stereocenters. The van der Waals surface area contributed by atoms with E-state index in [2.05, 4.69) is 47.3 Å². The molecule has 0 unspecified atom stereocenters. The molecule has 1 aliphatic rings. The van der Waals surface area contributed by atoms with Crippen LogP contribution in [-0.2, 0) is 11.2 Å². The molecule has 1 aliphatic heterocycles. The first-order valence-electron chi connectivity index (χ1n) is 7.07. The molecule has 1 N–H and O–H groups in total. The average Bonchev–Trinajstić information content (AvgIpc) is 2.89. The third-order valence-electron chi connectivity index (χ3n) is 4.11. The van der Waals surface area contributed by atoms with Crippen LogP contribution < -0.4 is 4.90 Å². The largest absolute Gasteiger partial charge is 0.381 e. The molecule has 1 aromatic heterocycles. The second kappa shape index (κ2) is 5.21. The van der Waals surface area contributed by atoms with E-state index in [-0.39, 0.29) is 0 Å². The molecule has 0 spiro atoms. The van der Waals surface area contributed by atoms with Gasteiger partial charge in [-0.15, -0.1) is 0 Å². The van der Waals surface area contributed by atoms with Crippen molar-refractivity contribution in [2.45, 2.75) is 32.2 Å². The molecule has 1 saturated heterocycles. The summed E-state index contributed by atoms with van der Waals surface area (Å²) >= 11 is 0. The van der Waals surface area contributed by atoms with E-state index >= 15 is 0 Å². The monoisotopic (exact) mass is 259 g/mol. The Morgan fingerprint density at radius 1 is 1.37 bits per heavy atom. The molecule has 102 valence electrons. The molecule has 4 nitrogen and oxygen atoms in total. The first-order valence-corrected chi connectivity index (χ1v) is 7.07. The molecule has 3 rings (SSSR count). The van der Waals surface area contributed by atoms with Gasteiger partial charge >= 0.3 is 0 Å². The lowest BCUT2D eigenvalue weighted by Crippen LogP contribution is -2.36. The second-order valence-corrected chi connectivity index (χ2v) is 5.21. The van der Waals surface area contributed by atoms with Crippen molar-refractivity contribution in [1.82, 2.24) is 10.2 Å². The number of rotatable bonds is 3. The normalized spacial score (nSPS) is 16.9. The lowest BCUT2D eigenvalue weighted by molar-refractivity contribution is 0.0855. The van der Waals surface area contributed by atoms with Crippen molar-refractivity contribution in [1.29, 1.82) is 0 Å². The number of benzene rings is 1. The Morgan fingerprint density at radius 3 is 2.89 bits per heavy atom. The van der Waals surface area contributed by atoms with Crippen LogP contribution in [0, 0.1) is 0 Å². The van der Waals surface area contributed by atoms with E-state index in [0.29, 0.717) is 6.04 Å². The summed E-state index contributed by atoms with van der Waals surface area (Å²) in [5.74, 6) is 0. The molecule has 2 aromatic rings. The number of fused-ring (bicyclic) bond motifs is 1. The molecule has 1 fully saturated rings. The summed E-state index contributed by atoms with van der Waals surface area (Å²) in [5.41, 5.74) is 3.55. The van der Waals surface area contributed by atoms with Crippen molar-refractivity contribution in [2.75, 3.05) is 25.2 Å². The average molecular weight is 259 g/mol. The summed E-state index contributed by atoms with van der Waals surface area (Å²) in [5, 5.41) is 8.71. The van der Waals surface area contributed by atoms with E-state index in [0.717, 1.165) is 43.7 Å². The van der Waals surface area contributed by atoms with Gasteiger partial charge in [0.05, 0.1) is 11.2 Å². The predicted octanol–water partition coefficient (Wildman–Crippen LogP) is 2.74. The Hall–Kier alpha value is -1.55. The molecule has 0 bridgehead atoms. The van der Waals surface area contributed by atoms with E-state index in [9.17, 15) is 0 Å². The van der Waals surface area contributed by atoms with Gasteiger partial charge in [0.25, 0.3) is 0 Å². The Bertz CT molecular complexity index is 558. The molecule has 0 amide bonds. The zero-order valence-corrected chi connectivity index (χ0v) is 11.6. The lowest BCUT2D eigenvalue weighted by atomic mass is 10.1. The number of nitrogens with one attached hydrogen (secondary N) is 1. The summed E-state index contributed by atoms with van der Waals surface area (Å²) in [6, 6.07) is 7.15. The number of hydrogen-bond donors (Lipinski definition) is 1. The number of aryl methyl sites for hydroxylation is 1. The summed E-state index contributed by atoms with van der Waals surface area (Å²) in [6.45, 7) is 3.90. The number of H-pyrrole nitrogens is 1. The molecule has 19 heavy (non-hydrogen) atoms. The maximum absolute atomic E-state index is 5.44. The van der Waals surface area contributed by atoms with Crippen molar-refractivity contribution in [2.24, 2.45) is 0 Å². The number of aromatic amines is 1. The van der Waals surface area contributed by atoms with Gasteiger partial charge in [0.15, 0.2) is 0 Å². The molecule has 2 heterocycles. The Labute approximate surface area is 113 Å². The fourth-order valence-corrected chi connectivity index (χ4v) is 2.83. The fourth-order valence-electron chi connectivity index (χ4n) is 2.83. The molecule has 0 saturated carbocycles. The summed E-state index contributed by atoms with van der Waals surface area (Å²) in [4.78, 5) is 2.38. The van der Waals surface area contributed by atoms with Gasteiger partial charge in [-0.3, -0.25) is 5.10 Å². The quantitative estimate of drug-likeness (QED) is 0.921. The Balaban J connectivity index is 1.90. The van der Waals surface area contributed by atoms with Gasteiger partial charge in [-0.1, -0.05) is 6.92 Å². The second-order valence-electron chi connectivity index (χ2n) is 5.21. The first-order chi connectivity index (χ1) is 9.29. The number of nitrogens with zero attached hydrogens (tertiary/aromatic N) is 2. The highest BCUT2D eigenvalue weighted by Crippen LogP contribution is 2.26. The van der Waals surface area contributed by atoms with Crippen molar-refractivity contribution in [3.8, 4) is 0 Å². The van der Waals surface area contributed by atoms with Crippen molar-refractivity contribution in [3.63, 3.8) is 0 Å². The van der Waals surface area contributed by atoms with Crippen LogP contribution in [0.4, 0.5) is 5.69 Å².